The molecule has 1 aromatic heterocycles. The van der Waals surface area contributed by atoms with Crippen LogP contribution in [0.2, 0.25) is 10.0 Å². The molecule has 3 rings (SSSR count). The molecule has 1 heterocycles. The highest BCUT2D eigenvalue weighted by atomic mass is 35.5. The first kappa shape index (κ1) is 19.2. The van der Waals surface area contributed by atoms with Crippen LogP contribution in [-0.2, 0) is 20.0 Å². The molecule has 26 heavy (non-hydrogen) atoms. The molecule has 0 saturated carbocycles. The van der Waals surface area contributed by atoms with E-state index in [9.17, 15) is 16.8 Å². The average Bonchev–Trinajstić information content (AvgIpc) is 3.10. The van der Waals surface area contributed by atoms with E-state index in [2.05, 4.69) is 0 Å². The van der Waals surface area contributed by atoms with Crippen LogP contribution in [0.3, 0.4) is 0 Å². The maximum Gasteiger partial charge on any atom is 0.348 e. The Kier molecular flexibility index (Phi) is 5.32. The van der Waals surface area contributed by atoms with Gasteiger partial charge in [-0.3, -0.25) is 0 Å². The van der Waals surface area contributed by atoms with Crippen molar-refractivity contribution in [2.24, 2.45) is 0 Å². The van der Waals surface area contributed by atoms with Crippen molar-refractivity contribution in [2.75, 3.05) is 0 Å². The van der Waals surface area contributed by atoms with Crippen molar-refractivity contribution in [1.82, 2.24) is 0 Å². The molecule has 0 radical (unpaired) electrons. The van der Waals surface area contributed by atoms with Gasteiger partial charge in [-0.1, -0.05) is 41.4 Å². The number of thiophene rings is 1. The first-order chi connectivity index (χ1) is 12.2. The molecule has 0 aliphatic rings. The molecule has 0 unspecified atom stereocenters. The van der Waals surface area contributed by atoms with Gasteiger partial charge in [0.2, 0.25) is 9.84 Å². The molecule has 3 aromatic rings. The van der Waals surface area contributed by atoms with E-state index in [1.165, 1.54) is 35.7 Å². The summed E-state index contributed by atoms with van der Waals surface area (Å²) in [7, 11) is -8.06. The van der Waals surface area contributed by atoms with Gasteiger partial charge in [0.05, 0.1) is 14.8 Å². The Morgan fingerprint density at radius 2 is 1.54 bits per heavy atom. The Balaban J connectivity index is 1.94. The first-order valence-corrected chi connectivity index (χ1v) is 11.5. The summed E-state index contributed by atoms with van der Waals surface area (Å²) in [6.07, 6.45) is 0. The summed E-state index contributed by atoms with van der Waals surface area (Å²) < 4.78 is 54.7. The molecule has 136 valence electrons. The summed E-state index contributed by atoms with van der Waals surface area (Å²) in [6.45, 7) is 0. The second-order valence-corrected chi connectivity index (χ2v) is 10.5. The number of sulfone groups is 1. The molecule has 10 heteroatoms. The third kappa shape index (κ3) is 3.89. The van der Waals surface area contributed by atoms with E-state index in [4.69, 9.17) is 27.4 Å². The molecule has 0 N–H and O–H groups in total. The number of rotatable bonds is 5. The monoisotopic (exact) mass is 448 g/mol. The van der Waals surface area contributed by atoms with Gasteiger partial charge in [0.15, 0.2) is 9.96 Å². The van der Waals surface area contributed by atoms with Crippen LogP contribution in [0.15, 0.2) is 74.0 Å². The minimum Gasteiger partial charge on any atom is -0.377 e. The second-order valence-electron chi connectivity index (χ2n) is 5.03. The molecule has 0 amide bonds. The van der Waals surface area contributed by atoms with Gasteiger partial charge in [-0.2, -0.15) is 8.42 Å². The summed E-state index contributed by atoms with van der Waals surface area (Å²) in [5.41, 5.74) is 0. The standard InChI is InChI=1S/C16H10Cl2O5S3/c17-11-6-7-15(14(18)8-11)23-26(21,22)16-9-13(10-24-16)25(19,20)12-4-2-1-3-5-12/h1-10H. The molecule has 0 spiro atoms. The van der Waals surface area contributed by atoms with E-state index >= 15 is 0 Å². The van der Waals surface area contributed by atoms with Crippen LogP contribution in [0.25, 0.3) is 0 Å². The van der Waals surface area contributed by atoms with Crippen molar-refractivity contribution >= 4 is 54.5 Å². The smallest absolute Gasteiger partial charge is 0.348 e. The van der Waals surface area contributed by atoms with E-state index in [-0.39, 0.29) is 24.8 Å². The predicted octanol–water partition coefficient (Wildman–Crippen LogP) is 4.66. The molecular formula is C16H10Cl2O5S3. The molecule has 5 nitrogen and oxygen atoms in total. The quantitative estimate of drug-likeness (QED) is 0.530. The lowest BCUT2D eigenvalue weighted by atomic mass is 10.3. The fourth-order valence-electron chi connectivity index (χ4n) is 2.01. The van der Waals surface area contributed by atoms with Gasteiger partial charge in [-0.15, -0.1) is 11.3 Å². The van der Waals surface area contributed by atoms with Crippen LogP contribution in [0.4, 0.5) is 0 Å². The van der Waals surface area contributed by atoms with Gasteiger partial charge in [-0.25, -0.2) is 8.42 Å². The van der Waals surface area contributed by atoms with Crippen molar-refractivity contribution in [1.29, 1.82) is 0 Å². The van der Waals surface area contributed by atoms with Crippen molar-refractivity contribution in [3.05, 3.63) is 70.0 Å². The number of hydrogen-bond acceptors (Lipinski definition) is 6. The van der Waals surface area contributed by atoms with Crippen LogP contribution in [0, 0.1) is 0 Å². The van der Waals surface area contributed by atoms with Gasteiger partial charge in [-0.05, 0) is 36.4 Å². The van der Waals surface area contributed by atoms with Crippen LogP contribution in [0.1, 0.15) is 0 Å². The lowest BCUT2D eigenvalue weighted by Crippen LogP contribution is -2.08. The predicted molar refractivity (Wildman–Crippen MR) is 100 cm³/mol. The minimum atomic E-state index is -4.24. The highest BCUT2D eigenvalue weighted by molar-refractivity contribution is 7.92. The minimum absolute atomic E-state index is 0.0229. The third-order valence-corrected chi connectivity index (χ3v) is 8.32. The van der Waals surface area contributed by atoms with Gasteiger partial charge in [0, 0.05) is 10.4 Å². The fraction of sp³-hybridized carbons (Fsp3) is 0. The molecule has 0 aliphatic heterocycles. The number of hydrogen-bond donors (Lipinski definition) is 0. The molecule has 0 saturated heterocycles. The van der Waals surface area contributed by atoms with E-state index < -0.39 is 20.0 Å². The van der Waals surface area contributed by atoms with E-state index in [1.807, 2.05) is 0 Å². The normalized spacial score (nSPS) is 12.1. The molecule has 2 aromatic carbocycles. The lowest BCUT2D eigenvalue weighted by Gasteiger charge is -2.07. The van der Waals surface area contributed by atoms with Crippen LogP contribution < -0.4 is 4.18 Å². The highest BCUT2D eigenvalue weighted by Gasteiger charge is 2.25. The van der Waals surface area contributed by atoms with Crippen molar-refractivity contribution in [3.63, 3.8) is 0 Å². The van der Waals surface area contributed by atoms with E-state index in [0.29, 0.717) is 5.02 Å². The fourth-order valence-corrected chi connectivity index (χ4v) is 6.31. The number of halogens is 2. The zero-order chi connectivity index (χ0) is 18.9. The molecule has 0 atom stereocenters. The molecule has 0 aliphatic carbocycles. The van der Waals surface area contributed by atoms with Crippen LogP contribution >= 0.6 is 34.5 Å². The molecule has 0 fully saturated rings. The third-order valence-electron chi connectivity index (χ3n) is 3.25. The summed E-state index contributed by atoms with van der Waals surface area (Å²) in [5.74, 6) is -0.100. The van der Waals surface area contributed by atoms with E-state index in [0.717, 1.165) is 17.4 Å². The number of benzene rings is 2. The van der Waals surface area contributed by atoms with Crippen LogP contribution in [-0.4, -0.2) is 16.8 Å². The summed E-state index contributed by atoms with van der Waals surface area (Å²) in [4.78, 5) is -0.0542. The van der Waals surface area contributed by atoms with Crippen molar-refractivity contribution < 1.29 is 21.0 Å². The maximum atomic E-state index is 12.6. The van der Waals surface area contributed by atoms with Gasteiger partial charge in [0.25, 0.3) is 0 Å². The lowest BCUT2D eigenvalue weighted by molar-refractivity contribution is 0.488. The summed E-state index contributed by atoms with van der Waals surface area (Å²) in [5, 5.41) is 1.60. The Bertz CT molecular complexity index is 1150. The van der Waals surface area contributed by atoms with Crippen molar-refractivity contribution in [3.8, 4) is 5.75 Å². The Morgan fingerprint density at radius 3 is 2.19 bits per heavy atom. The zero-order valence-corrected chi connectivity index (χ0v) is 16.8. The Morgan fingerprint density at radius 1 is 0.846 bits per heavy atom. The Hall–Kier alpha value is -1.58. The van der Waals surface area contributed by atoms with Gasteiger partial charge >= 0.3 is 10.1 Å². The Labute approximate surface area is 164 Å². The van der Waals surface area contributed by atoms with Crippen LogP contribution in [0.5, 0.6) is 5.75 Å². The second kappa shape index (κ2) is 7.21. The average molecular weight is 449 g/mol. The summed E-state index contributed by atoms with van der Waals surface area (Å²) >= 11 is 12.4. The van der Waals surface area contributed by atoms with Gasteiger partial charge < -0.3 is 4.18 Å². The SMILES string of the molecule is O=S(=O)(Oc1ccc(Cl)cc1Cl)c1cc(S(=O)(=O)c2ccccc2)cs1. The van der Waals surface area contributed by atoms with Crippen molar-refractivity contribution in [2.45, 2.75) is 14.0 Å². The maximum absolute atomic E-state index is 12.6. The van der Waals surface area contributed by atoms with Gasteiger partial charge in [0.1, 0.15) is 0 Å². The topological polar surface area (TPSA) is 77.5 Å². The largest absolute Gasteiger partial charge is 0.377 e. The highest BCUT2D eigenvalue weighted by Crippen LogP contribution is 2.33. The molecule has 0 bridgehead atoms. The summed E-state index contributed by atoms with van der Waals surface area (Å²) in [6, 6.07) is 12.9. The first-order valence-electron chi connectivity index (χ1n) is 6.98. The van der Waals surface area contributed by atoms with E-state index in [1.54, 1.807) is 18.2 Å². The molecular weight excluding hydrogens is 439 g/mol. The zero-order valence-electron chi connectivity index (χ0n) is 12.8.